The van der Waals surface area contributed by atoms with Crippen LogP contribution in [-0.2, 0) is 22.3 Å². The van der Waals surface area contributed by atoms with E-state index in [-0.39, 0.29) is 5.69 Å². The lowest BCUT2D eigenvalue weighted by Crippen LogP contribution is -2.01. The van der Waals surface area contributed by atoms with Crippen molar-refractivity contribution in [3.8, 4) is 6.07 Å². The third-order valence-corrected chi connectivity index (χ3v) is 4.80. The van der Waals surface area contributed by atoms with Crippen LogP contribution in [0, 0.1) is 11.3 Å². The van der Waals surface area contributed by atoms with Gasteiger partial charge in [0.05, 0.1) is 0 Å². The summed E-state index contributed by atoms with van der Waals surface area (Å²) in [6.45, 7) is 0. The van der Waals surface area contributed by atoms with Gasteiger partial charge in [0.25, 0.3) is 0 Å². The maximum Gasteiger partial charge on any atom is 0.183 e. The predicted molar refractivity (Wildman–Crippen MR) is 98.5 cm³/mol. The molecular weight excluding hydrogens is 332 g/mol. The lowest BCUT2D eigenvalue weighted by molar-refractivity contribution is 0.682. The van der Waals surface area contributed by atoms with Gasteiger partial charge in [-0.1, -0.05) is 42.5 Å². The number of anilines is 2. The fourth-order valence-corrected chi connectivity index (χ4v) is 3.60. The monoisotopic (exact) mass is 348 g/mol. The van der Waals surface area contributed by atoms with Gasteiger partial charge in [-0.15, -0.1) is 0 Å². The van der Waals surface area contributed by atoms with Crippen LogP contribution in [0.2, 0.25) is 0 Å². The highest BCUT2D eigenvalue weighted by Crippen LogP contribution is 2.19. The smallest absolute Gasteiger partial charge is 0.183 e. The van der Waals surface area contributed by atoms with E-state index in [0.717, 1.165) is 16.8 Å². The second kappa shape index (κ2) is 8.18. The second-order valence-corrected chi connectivity index (χ2v) is 6.86. The molecule has 25 heavy (non-hydrogen) atoms. The molecule has 124 valence electrons. The van der Waals surface area contributed by atoms with Gasteiger partial charge in [0.1, 0.15) is 6.07 Å². The molecule has 1 atom stereocenters. The van der Waals surface area contributed by atoms with Crippen molar-refractivity contribution in [3.05, 3.63) is 83.8 Å². The summed E-state index contributed by atoms with van der Waals surface area (Å²) in [5, 5.41) is 12.2. The SMILES string of the molecule is N#Cc1nccnc1Nc1cccc(CS(=O)Cc2ccccc2)c1. The molecule has 0 amide bonds. The Kier molecular flexibility index (Phi) is 5.50. The molecule has 3 rings (SSSR count). The van der Waals surface area contributed by atoms with Crippen LogP contribution in [0.1, 0.15) is 16.8 Å². The zero-order valence-corrected chi connectivity index (χ0v) is 14.2. The number of hydrogen-bond acceptors (Lipinski definition) is 5. The van der Waals surface area contributed by atoms with Crippen LogP contribution in [-0.4, -0.2) is 14.2 Å². The minimum absolute atomic E-state index is 0.237. The van der Waals surface area contributed by atoms with Gasteiger partial charge in [0.2, 0.25) is 0 Å². The Morgan fingerprint density at radius 1 is 0.960 bits per heavy atom. The number of hydrogen-bond donors (Lipinski definition) is 1. The molecular formula is C19H16N4OS. The summed E-state index contributed by atoms with van der Waals surface area (Å²) >= 11 is 0. The molecule has 1 N–H and O–H groups in total. The van der Waals surface area contributed by atoms with Crippen LogP contribution in [0.5, 0.6) is 0 Å². The topological polar surface area (TPSA) is 78.7 Å². The summed E-state index contributed by atoms with van der Waals surface area (Å²) in [4.78, 5) is 8.11. The first kappa shape index (κ1) is 16.8. The van der Waals surface area contributed by atoms with Crippen molar-refractivity contribution in [2.75, 3.05) is 5.32 Å². The fourth-order valence-electron chi connectivity index (χ4n) is 2.38. The molecule has 5 nitrogen and oxygen atoms in total. The van der Waals surface area contributed by atoms with Crippen LogP contribution in [0.15, 0.2) is 67.0 Å². The normalized spacial score (nSPS) is 11.5. The number of rotatable bonds is 6. The average Bonchev–Trinajstić information content (AvgIpc) is 2.63. The molecule has 3 aromatic rings. The highest BCUT2D eigenvalue weighted by Gasteiger charge is 2.07. The zero-order chi connectivity index (χ0) is 17.5. The number of nitrogens with zero attached hydrogens (tertiary/aromatic N) is 3. The van der Waals surface area contributed by atoms with Crippen LogP contribution in [0.3, 0.4) is 0 Å². The molecule has 1 heterocycles. The Bertz CT molecular complexity index is 922. The Balaban J connectivity index is 1.69. The van der Waals surface area contributed by atoms with E-state index in [1.165, 1.54) is 12.4 Å². The first-order valence-electron chi connectivity index (χ1n) is 7.70. The van der Waals surface area contributed by atoms with Crippen molar-refractivity contribution in [3.63, 3.8) is 0 Å². The highest BCUT2D eigenvalue weighted by atomic mass is 32.2. The molecule has 0 saturated heterocycles. The predicted octanol–water partition coefficient (Wildman–Crippen LogP) is 3.54. The van der Waals surface area contributed by atoms with E-state index in [4.69, 9.17) is 5.26 Å². The highest BCUT2D eigenvalue weighted by molar-refractivity contribution is 7.83. The molecule has 0 bridgehead atoms. The van der Waals surface area contributed by atoms with E-state index in [2.05, 4.69) is 15.3 Å². The minimum atomic E-state index is -0.991. The standard InChI is InChI=1S/C19H16N4OS/c20-12-18-19(22-10-9-21-18)23-17-8-4-7-16(11-17)14-25(24)13-15-5-2-1-3-6-15/h1-11H,13-14H2,(H,22,23). The maximum absolute atomic E-state index is 12.4. The van der Waals surface area contributed by atoms with Gasteiger partial charge in [-0.25, -0.2) is 9.97 Å². The van der Waals surface area contributed by atoms with Gasteiger partial charge in [0, 0.05) is 40.4 Å². The lowest BCUT2D eigenvalue weighted by atomic mass is 10.2. The van der Waals surface area contributed by atoms with Crippen LogP contribution >= 0.6 is 0 Å². The van der Waals surface area contributed by atoms with Gasteiger partial charge in [0.15, 0.2) is 11.5 Å². The van der Waals surface area contributed by atoms with Crippen molar-refractivity contribution in [1.82, 2.24) is 9.97 Å². The average molecular weight is 348 g/mol. The third-order valence-electron chi connectivity index (χ3n) is 3.49. The van der Waals surface area contributed by atoms with E-state index in [9.17, 15) is 4.21 Å². The van der Waals surface area contributed by atoms with E-state index in [0.29, 0.717) is 17.3 Å². The van der Waals surface area contributed by atoms with E-state index in [1.807, 2.05) is 60.7 Å². The molecule has 6 heteroatoms. The molecule has 2 aromatic carbocycles. The Hall–Kier alpha value is -3.04. The van der Waals surface area contributed by atoms with Crippen LogP contribution in [0.25, 0.3) is 0 Å². The second-order valence-electron chi connectivity index (χ2n) is 5.40. The summed E-state index contributed by atoms with van der Waals surface area (Å²) in [6, 6.07) is 19.4. The van der Waals surface area contributed by atoms with Crippen LogP contribution in [0.4, 0.5) is 11.5 Å². The Morgan fingerprint density at radius 2 is 1.68 bits per heavy atom. The van der Waals surface area contributed by atoms with E-state index in [1.54, 1.807) is 0 Å². The molecule has 0 saturated carbocycles. The van der Waals surface area contributed by atoms with Crippen molar-refractivity contribution < 1.29 is 4.21 Å². The van der Waals surface area contributed by atoms with E-state index < -0.39 is 10.8 Å². The van der Waals surface area contributed by atoms with Gasteiger partial charge in [-0.05, 0) is 23.3 Å². The van der Waals surface area contributed by atoms with E-state index >= 15 is 0 Å². The quantitative estimate of drug-likeness (QED) is 0.737. The van der Waals surface area contributed by atoms with Crippen molar-refractivity contribution >= 4 is 22.3 Å². The van der Waals surface area contributed by atoms with Gasteiger partial charge < -0.3 is 5.32 Å². The Labute approximate surface area is 148 Å². The number of aromatic nitrogens is 2. The first-order valence-corrected chi connectivity index (χ1v) is 9.19. The summed E-state index contributed by atoms with van der Waals surface area (Å²) in [7, 11) is -0.991. The summed E-state index contributed by atoms with van der Waals surface area (Å²) in [5.41, 5.74) is 3.04. The lowest BCUT2D eigenvalue weighted by Gasteiger charge is -2.08. The molecule has 0 spiro atoms. The van der Waals surface area contributed by atoms with Crippen LogP contribution < -0.4 is 5.32 Å². The summed E-state index contributed by atoms with van der Waals surface area (Å²) in [5.74, 6) is 1.41. The molecule has 1 aromatic heterocycles. The number of nitrogens with one attached hydrogen (secondary N) is 1. The third kappa shape index (κ3) is 4.72. The number of benzene rings is 2. The Morgan fingerprint density at radius 3 is 2.48 bits per heavy atom. The summed E-state index contributed by atoms with van der Waals surface area (Å²) < 4.78 is 12.4. The molecule has 0 fully saturated rings. The summed E-state index contributed by atoms with van der Waals surface area (Å²) in [6.07, 6.45) is 3.01. The van der Waals surface area contributed by atoms with Crippen molar-refractivity contribution in [2.45, 2.75) is 11.5 Å². The largest absolute Gasteiger partial charge is 0.338 e. The van der Waals surface area contributed by atoms with Crippen molar-refractivity contribution in [1.29, 1.82) is 5.26 Å². The molecule has 1 unspecified atom stereocenters. The van der Waals surface area contributed by atoms with Gasteiger partial charge >= 0.3 is 0 Å². The zero-order valence-electron chi connectivity index (χ0n) is 13.4. The van der Waals surface area contributed by atoms with Gasteiger partial charge in [-0.3, -0.25) is 4.21 Å². The van der Waals surface area contributed by atoms with Gasteiger partial charge in [-0.2, -0.15) is 5.26 Å². The number of nitriles is 1. The molecule has 0 aliphatic rings. The molecule has 0 aliphatic heterocycles. The van der Waals surface area contributed by atoms with Crippen molar-refractivity contribution in [2.24, 2.45) is 0 Å². The molecule has 0 radical (unpaired) electrons. The fraction of sp³-hybridized carbons (Fsp3) is 0.105. The minimum Gasteiger partial charge on any atom is -0.338 e. The maximum atomic E-state index is 12.4. The molecule has 0 aliphatic carbocycles. The first-order chi connectivity index (χ1) is 12.2.